The Labute approximate surface area is 133 Å². The highest BCUT2D eigenvalue weighted by atomic mass is 16.5. The highest BCUT2D eigenvalue weighted by Crippen LogP contribution is 2.21. The number of nitriles is 1. The molecule has 0 spiro atoms. The van der Waals surface area contributed by atoms with E-state index in [1.165, 1.54) is 0 Å². The number of ether oxygens (including phenoxy) is 1. The van der Waals surface area contributed by atoms with Crippen molar-refractivity contribution in [2.45, 2.75) is 6.42 Å². The van der Waals surface area contributed by atoms with Crippen LogP contribution in [0.2, 0.25) is 0 Å². The van der Waals surface area contributed by atoms with E-state index in [0.717, 1.165) is 22.3 Å². The molecular formula is C18H15N3O2. The molecule has 0 saturated carbocycles. The number of benzene rings is 2. The van der Waals surface area contributed by atoms with Gasteiger partial charge in [-0.1, -0.05) is 24.3 Å². The van der Waals surface area contributed by atoms with Gasteiger partial charge in [-0.2, -0.15) is 5.26 Å². The van der Waals surface area contributed by atoms with Crippen LogP contribution < -0.4 is 4.74 Å². The number of fused-ring (bicyclic) bond motifs is 1. The average Bonchev–Trinajstić information content (AvgIpc) is 2.99. The summed E-state index contributed by atoms with van der Waals surface area (Å²) in [5, 5.41) is 19.7. The summed E-state index contributed by atoms with van der Waals surface area (Å²) in [6.07, 6.45) is 0.254. The lowest BCUT2D eigenvalue weighted by Crippen LogP contribution is -1.96. The fourth-order valence-electron chi connectivity index (χ4n) is 2.35. The molecule has 3 aromatic rings. The zero-order valence-electron chi connectivity index (χ0n) is 12.6. The van der Waals surface area contributed by atoms with Crippen molar-refractivity contribution in [2.24, 2.45) is 0 Å². The Bertz CT molecular complexity index is 869. The number of H-pyrrole nitrogens is 1. The average molecular weight is 305 g/mol. The molecule has 2 N–H and O–H groups in total. The number of hydrogen-bond acceptors (Lipinski definition) is 4. The lowest BCUT2D eigenvalue weighted by Gasteiger charge is -2.04. The Balaban J connectivity index is 1.93. The van der Waals surface area contributed by atoms with Crippen molar-refractivity contribution in [3.8, 4) is 11.8 Å². The summed E-state index contributed by atoms with van der Waals surface area (Å²) in [5.41, 5.74) is 2.61. The number of aliphatic hydroxyl groups is 1. The number of allylic oxidation sites excluding steroid dienone is 2. The molecule has 5 heteroatoms. The SMILES string of the molecule is COc1ccc(C/C(O)=C(\C#N)c2nc3ccccc3[nH]2)cc1. The summed E-state index contributed by atoms with van der Waals surface area (Å²) < 4.78 is 5.10. The van der Waals surface area contributed by atoms with E-state index >= 15 is 0 Å². The summed E-state index contributed by atoms with van der Waals surface area (Å²) in [6, 6.07) is 16.9. The predicted octanol–water partition coefficient (Wildman–Crippen LogP) is 3.61. The molecular weight excluding hydrogens is 290 g/mol. The van der Waals surface area contributed by atoms with Gasteiger partial charge in [0.1, 0.15) is 23.2 Å². The lowest BCUT2D eigenvalue weighted by atomic mass is 10.1. The second kappa shape index (κ2) is 6.24. The van der Waals surface area contributed by atoms with Gasteiger partial charge in [-0.25, -0.2) is 4.98 Å². The number of aliphatic hydroxyl groups excluding tert-OH is 1. The van der Waals surface area contributed by atoms with Crippen molar-refractivity contribution in [3.05, 3.63) is 65.7 Å². The third-order valence-corrected chi connectivity index (χ3v) is 3.56. The number of para-hydroxylation sites is 2. The first-order valence-corrected chi connectivity index (χ1v) is 7.11. The molecule has 0 bridgehead atoms. The molecule has 0 aliphatic carbocycles. The van der Waals surface area contributed by atoms with Crippen LogP contribution in [0, 0.1) is 11.3 Å². The first-order chi connectivity index (χ1) is 11.2. The van der Waals surface area contributed by atoms with Crippen LogP contribution in [0.15, 0.2) is 54.3 Å². The molecule has 0 amide bonds. The molecule has 0 aliphatic heterocycles. The molecule has 0 aliphatic rings. The van der Waals surface area contributed by atoms with Gasteiger partial charge in [-0.15, -0.1) is 0 Å². The molecule has 0 unspecified atom stereocenters. The van der Waals surface area contributed by atoms with Crippen molar-refractivity contribution in [3.63, 3.8) is 0 Å². The minimum absolute atomic E-state index is 0.0169. The topological polar surface area (TPSA) is 81.9 Å². The van der Waals surface area contributed by atoms with Gasteiger partial charge in [0.2, 0.25) is 0 Å². The molecule has 0 saturated heterocycles. The summed E-state index contributed by atoms with van der Waals surface area (Å²) >= 11 is 0. The van der Waals surface area contributed by atoms with E-state index in [9.17, 15) is 10.4 Å². The third kappa shape index (κ3) is 3.01. The Morgan fingerprint density at radius 3 is 2.61 bits per heavy atom. The summed E-state index contributed by atoms with van der Waals surface area (Å²) in [6.45, 7) is 0. The molecule has 1 heterocycles. The third-order valence-electron chi connectivity index (χ3n) is 3.56. The molecule has 5 nitrogen and oxygen atoms in total. The molecule has 2 aromatic carbocycles. The van der Waals surface area contributed by atoms with E-state index in [1.807, 2.05) is 54.6 Å². The summed E-state index contributed by atoms with van der Waals surface area (Å²) in [7, 11) is 1.60. The first kappa shape index (κ1) is 14.7. The van der Waals surface area contributed by atoms with Crippen LogP contribution in [0.1, 0.15) is 11.4 Å². The van der Waals surface area contributed by atoms with E-state index < -0.39 is 0 Å². The highest BCUT2D eigenvalue weighted by Gasteiger charge is 2.13. The van der Waals surface area contributed by atoms with Gasteiger partial charge in [0.15, 0.2) is 5.82 Å². The molecule has 0 fully saturated rings. The van der Waals surface area contributed by atoms with Crippen LogP contribution in [0.3, 0.4) is 0 Å². The minimum Gasteiger partial charge on any atom is -0.510 e. The number of hydrogen-bond donors (Lipinski definition) is 2. The zero-order valence-corrected chi connectivity index (χ0v) is 12.6. The van der Waals surface area contributed by atoms with Gasteiger partial charge in [-0.3, -0.25) is 0 Å². The largest absolute Gasteiger partial charge is 0.510 e. The number of nitrogens with one attached hydrogen (secondary N) is 1. The smallest absolute Gasteiger partial charge is 0.152 e. The lowest BCUT2D eigenvalue weighted by molar-refractivity contribution is 0.401. The van der Waals surface area contributed by atoms with Crippen LogP contribution in [0.25, 0.3) is 16.6 Å². The second-order valence-corrected chi connectivity index (χ2v) is 5.06. The standard InChI is InChI=1S/C18H15N3O2/c1-23-13-8-6-12(7-9-13)10-17(22)14(11-19)18-20-15-4-2-3-5-16(15)21-18/h2-9,22H,10H2,1H3,(H,20,21)/b17-14-. The maximum Gasteiger partial charge on any atom is 0.152 e. The monoisotopic (exact) mass is 305 g/mol. The predicted molar refractivity (Wildman–Crippen MR) is 88.0 cm³/mol. The molecule has 0 radical (unpaired) electrons. The molecule has 23 heavy (non-hydrogen) atoms. The van der Waals surface area contributed by atoms with Crippen molar-refractivity contribution in [1.82, 2.24) is 9.97 Å². The first-order valence-electron chi connectivity index (χ1n) is 7.11. The van der Waals surface area contributed by atoms with Gasteiger partial charge in [-0.05, 0) is 29.8 Å². The fraction of sp³-hybridized carbons (Fsp3) is 0.111. The number of methoxy groups -OCH3 is 1. The Morgan fingerprint density at radius 1 is 1.22 bits per heavy atom. The quantitative estimate of drug-likeness (QED) is 0.570. The van der Waals surface area contributed by atoms with Crippen LogP contribution in [0.4, 0.5) is 0 Å². The summed E-state index contributed by atoms with van der Waals surface area (Å²) in [4.78, 5) is 7.42. The van der Waals surface area contributed by atoms with Gasteiger partial charge in [0, 0.05) is 6.42 Å². The van der Waals surface area contributed by atoms with Gasteiger partial charge in [0.25, 0.3) is 0 Å². The Morgan fingerprint density at radius 2 is 1.96 bits per heavy atom. The van der Waals surface area contributed by atoms with Gasteiger partial charge >= 0.3 is 0 Å². The number of aromatic nitrogens is 2. The van der Waals surface area contributed by atoms with E-state index in [0.29, 0.717) is 5.82 Å². The zero-order chi connectivity index (χ0) is 16.2. The molecule has 114 valence electrons. The number of rotatable bonds is 4. The molecule has 0 atom stereocenters. The van der Waals surface area contributed by atoms with Crippen molar-refractivity contribution in [2.75, 3.05) is 7.11 Å². The molecule has 1 aromatic heterocycles. The van der Waals surface area contributed by atoms with Crippen molar-refractivity contribution < 1.29 is 9.84 Å². The molecule has 3 rings (SSSR count). The van der Waals surface area contributed by atoms with Crippen molar-refractivity contribution >= 4 is 16.6 Å². The van der Waals surface area contributed by atoms with Crippen LogP contribution >= 0.6 is 0 Å². The van der Waals surface area contributed by atoms with Crippen molar-refractivity contribution in [1.29, 1.82) is 5.26 Å². The van der Waals surface area contributed by atoms with Crippen LogP contribution in [0.5, 0.6) is 5.75 Å². The van der Waals surface area contributed by atoms with Gasteiger partial charge in [0.05, 0.1) is 18.1 Å². The van der Waals surface area contributed by atoms with Crippen LogP contribution in [-0.2, 0) is 6.42 Å². The van der Waals surface area contributed by atoms with Gasteiger partial charge < -0.3 is 14.8 Å². The fourth-order valence-corrected chi connectivity index (χ4v) is 2.35. The highest BCUT2D eigenvalue weighted by molar-refractivity contribution is 5.82. The maximum atomic E-state index is 10.3. The number of aromatic amines is 1. The Kier molecular flexibility index (Phi) is 3.98. The van der Waals surface area contributed by atoms with E-state index in [1.54, 1.807) is 7.11 Å². The normalized spacial score (nSPS) is 11.8. The second-order valence-electron chi connectivity index (χ2n) is 5.06. The Hall–Kier alpha value is -3.26. The maximum absolute atomic E-state index is 10.3. The minimum atomic E-state index is -0.0169. The van der Waals surface area contributed by atoms with Crippen LogP contribution in [-0.4, -0.2) is 22.2 Å². The van der Waals surface area contributed by atoms with E-state index in [-0.39, 0.29) is 17.8 Å². The number of nitrogens with zero attached hydrogens (tertiary/aromatic N) is 2. The van der Waals surface area contributed by atoms with E-state index in [2.05, 4.69) is 9.97 Å². The van der Waals surface area contributed by atoms with E-state index in [4.69, 9.17) is 4.74 Å². The summed E-state index contributed by atoms with van der Waals surface area (Å²) in [5.74, 6) is 1.10. The number of imidazole rings is 1.